The minimum atomic E-state index is 0.00963. The average molecular weight is 180 g/mol. The van der Waals surface area contributed by atoms with E-state index in [1.165, 1.54) is 6.07 Å². The smallest absolute Gasteiger partial charge is 0.250 e. The summed E-state index contributed by atoms with van der Waals surface area (Å²) in [7, 11) is 0. The number of hydrogen-bond donors (Lipinski definition) is 1. The molecule has 0 saturated heterocycles. The van der Waals surface area contributed by atoms with Gasteiger partial charge in [0.15, 0.2) is 0 Å². The summed E-state index contributed by atoms with van der Waals surface area (Å²) in [5.74, 6) is 0.430. The van der Waals surface area contributed by atoms with Gasteiger partial charge in [-0.25, -0.2) is 0 Å². The largest absolute Gasteiger partial charge is 0.398 e. The lowest BCUT2D eigenvalue weighted by Crippen LogP contribution is -2.25. The van der Waals surface area contributed by atoms with E-state index in [1.807, 2.05) is 6.92 Å². The van der Waals surface area contributed by atoms with Gasteiger partial charge in [0.2, 0.25) is 0 Å². The molecule has 0 fully saturated rings. The minimum absolute atomic E-state index is 0.00963. The normalized spacial score (nSPS) is 13.2. The Kier molecular flexibility index (Phi) is 2.76. The first kappa shape index (κ1) is 9.84. The van der Waals surface area contributed by atoms with Crippen LogP contribution in [-0.2, 0) is 0 Å². The topological polar surface area (TPSA) is 48.0 Å². The van der Waals surface area contributed by atoms with E-state index in [2.05, 4.69) is 13.8 Å². The number of nitrogens with two attached hydrogens (primary N) is 1. The molecule has 1 aromatic rings. The van der Waals surface area contributed by atoms with E-state index in [4.69, 9.17) is 5.73 Å². The molecule has 1 unspecified atom stereocenters. The highest BCUT2D eigenvalue weighted by Gasteiger charge is 2.10. The lowest BCUT2D eigenvalue weighted by molar-refractivity contribution is 0.399. The van der Waals surface area contributed by atoms with Gasteiger partial charge < -0.3 is 10.3 Å². The van der Waals surface area contributed by atoms with E-state index in [-0.39, 0.29) is 11.6 Å². The van der Waals surface area contributed by atoms with Crippen LogP contribution in [-0.4, -0.2) is 4.57 Å². The van der Waals surface area contributed by atoms with E-state index < -0.39 is 0 Å². The average Bonchev–Trinajstić information content (AvgIpc) is 2.08. The highest BCUT2D eigenvalue weighted by Crippen LogP contribution is 2.14. The molecule has 1 atom stereocenters. The second kappa shape index (κ2) is 3.64. The van der Waals surface area contributed by atoms with Crippen LogP contribution < -0.4 is 11.3 Å². The fraction of sp³-hybridized carbons (Fsp3) is 0.500. The third kappa shape index (κ3) is 2.11. The SMILES string of the molecule is CC(C)C(C)n1cc(N)ccc1=O. The molecule has 3 heteroatoms. The van der Waals surface area contributed by atoms with Crippen molar-refractivity contribution < 1.29 is 0 Å². The van der Waals surface area contributed by atoms with Crippen molar-refractivity contribution in [2.75, 3.05) is 5.73 Å². The third-order valence-electron chi connectivity index (χ3n) is 2.36. The highest BCUT2D eigenvalue weighted by atomic mass is 16.1. The Balaban J connectivity index is 3.13. The van der Waals surface area contributed by atoms with Crippen LogP contribution in [0.5, 0.6) is 0 Å². The molecular formula is C10H16N2O. The van der Waals surface area contributed by atoms with Gasteiger partial charge >= 0.3 is 0 Å². The molecule has 0 spiro atoms. The van der Waals surface area contributed by atoms with Gasteiger partial charge in [0.05, 0.1) is 0 Å². The van der Waals surface area contributed by atoms with E-state index in [0.29, 0.717) is 11.6 Å². The number of hydrogen-bond acceptors (Lipinski definition) is 2. The lowest BCUT2D eigenvalue weighted by Gasteiger charge is -2.18. The summed E-state index contributed by atoms with van der Waals surface area (Å²) in [5, 5.41) is 0. The fourth-order valence-corrected chi connectivity index (χ4v) is 1.16. The highest BCUT2D eigenvalue weighted by molar-refractivity contribution is 5.33. The number of nitrogen functional groups attached to an aromatic ring is 1. The van der Waals surface area contributed by atoms with Crippen LogP contribution in [0.4, 0.5) is 5.69 Å². The number of rotatable bonds is 2. The predicted octanol–water partition coefficient (Wildman–Crippen LogP) is 1.65. The maximum atomic E-state index is 11.4. The molecule has 0 aromatic carbocycles. The zero-order chi connectivity index (χ0) is 10.0. The molecule has 0 amide bonds. The Morgan fingerprint density at radius 1 is 1.31 bits per heavy atom. The lowest BCUT2D eigenvalue weighted by atomic mass is 10.1. The molecule has 3 nitrogen and oxygen atoms in total. The van der Waals surface area contributed by atoms with E-state index in [0.717, 1.165) is 0 Å². The molecule has 2 N–H and O–H groups in total. The van der Waals surface area contributed by atoms with Gasteiger partial charge in [-0.2, -0.15) is 0 Å². The summed E-state index contributed by atoms with van der Waals surface area (Å²) in [6, 6.07) is 3.33. The van der Waals surface area contributed by atoms with Crippen molar-refractivity contribution in [3.05, 3.63) is 28.7 Å². The number of anilines is 1. The van der Waals surface area contributed by atoms with Gasteiger partial charge in [0, 0.05) is 24.0 Å². The Labute approximate surface area is 78.2 Å². The first-order valence-corrected chi connectivity index (χ1v) is 4.50. The van der Waals surface area contributed by atoms with Crippen molar-refractivity contribution in [3.8, 4) is 0 Å². The summed E-state index contributed by atoms with van der Waals surface area (Å²) >= 11 is 0. The second-order valence-electron chi connectivity index (χ2n) is 3.69. The summed E-state index contributed by atoms with van der Waals surface area (Å²) in [4.78, 5) is 11.4. The second-order valence-corrected chi connectivity index (χ2v) is 3.69. The van der Waals surface area contributed by atoms with Gasteiger partial charge in [-0.05, 0) is 18.9 Å². The molecular weight excluding hydrogens is 164 g/mol. The molecule has 1 heterocycles. The number of nitrogens with zero attached hydrogens (tertiary/aromatic N) is 1. The molecule has 0 bridgehead atoms. The van der Waals surface area contributed by atoms with Gasteiger partial charge in [0.1, 0.15) is 0 Å². The van der Waals surface area contributed by atoms with Crippen molar-refractivity contribution in [3.63, 3.8) is 0 Å². The molecule has 1 aromatic heterocycles. The zero-order valence-corrected chi connectivity index (χ0v) is 8.32. The van der Waals surface area contributed by atoms with Gasteiger partial charge in [-0.15, -0.1) is 0 Å². The molecule has 0 saturated carbocycles. The molecule has 1 rings (SSSR count). The van der Waals surface area contributed by atoms with E-state index in [9.17, 15) is 4.79 Å². The van der Waals surface area contributed by atoms with Crippen molar-refractivity contribution in [1.82, 2.24) is 4.57 Å². The van der Waals surface area contributed by atoms with Crippen LogP contribution in [0.2, 0.25) is 0 Å². The third-order valence-corrected chi connectivity index (χ3v) is 2.36. The van der Waals surface area contributed by atoms with Crippen LogP contribution in [0.25, 0.3) is 0 Å². The summed E-state index contributed by atoms with van der Waals surface area (Å²) in [5.41, 5.74) is 6.25. The molecule has 0 aliphatic heterocycles. The van der Waals surface area contributed by atoms with Crippen LogP contribution in [0.3, 0.4) is 0 Å². The first-order chi connectivity index (χ1) is 6.02. The van der Waals surface area contributed by atoms with E-state index >= 15 is 0 Å². The predicted molar refractivity (Wildman–Crippen MR) is 54.7 cm³/mol. The molecule has 13 heavy (non-hydrogen) atoms. The van der Waals surface area contributed by atoms with E-state index in [1.54, 1.807) is 16.8 Å². The minimum Gasteiger partial charge on any atom is -0.398 e. The van der Waals surface area contributed by atoms with Crippen molar-refractivity contribution in [1.29, 1.82) is 0 Å². The molecule has 0 radical (unpaired) electrons. The summed E-state index contributed by atoms with van der Waals surface area (Å²) < 4.78 is 1.68. The van der Waals surface area contributed by atoms with Crippen LogP contribution in [0.15, 0.2) is 23.1 Å². The van der Waals surface area contributed by atoms with Gasteiger partial charge in [-0.1, -0.05) is 13.8 Å². The van der Waals surface area contributed by atoms with Crippen molar-refractivity contribution >= 4 is 5.69 Å². The summed E-state index contributed by atoms with van der Waals surface area (Å²) in [6.45, 7) is 6.19. The fourth-order valence-electron chi connectivity index (χ4n) is 1.16. The van der Waals surface area contributed by atoms with Crippen LogP contribution >= 0.6 is 0 Å². The first-order valence-electron chi connectivity index (χ1n) is 4.50. The summed E-state index contributed by atoms with van der Waals surface area (Å²) in [6.07, 6.45) is 1.70. The zero-order valence-electron chi connectivity index (χ0n) is 8.32. The van der Waals surface area contributed by atoms with Crippen LogP contribution in [0.1, 0.15) is 26.8 Å². The van der Waals surface area contributed by atoms with Crippen molar-refractivity contribution in [2.45, 2.75) is 26.8 Å². The Hall–Kier alpha value is -1.25. The molecule has 0 aliphatic rings. The van der Waals surface area contributed by atoms with Crippen LogP contribution in [0, 0.1) is 5.92 Å². The molecule has 72 valence electrons. The molecule has 0 aliphatic carbocycles. The maximum absolute atomic E-state index is 11.4. The van der Waals surface area contributed by atoms with Gasteiger partial charge in [-0.3, -0.25) is 4.79 Å². The Morgan fingerprint density at radius 2 is 1.92 bits per heavy atom. The maximum Gasteiger partial charge on any atom is 0.250 e. The number of pyridine rings is 1. The monoisotopic (exact) mass is 180 g/mol. The quantitative estimate of drug-likeness (QED) is 0.752. The Bertz CT molecular complexity index is 341. The number of aromatic nitrogens is 1. The Morgan fingerprint density at radius 3 is 2.46 bits per heavy atom. The van der Waals surface area contributed by atoms with Crippen molar-refractivity contribution in [2.24, 2.45) is 5.92 Å². The van der Waals surface area contributed by atoms with Gasteiger partial charge in [0.25, 0.3) is 5.56 Å². The standard InChI is InChI=1S/C10H16N2O/c1-7(2)8(3)12-6-9(11)4-5-10(12)13/h4-8H,11H2,1-3H3.